The number of rotatable bonds is 7. The number of ether oxygens (including phenoxy) is 1. The van der Waals surface area contributed by atoms with E-state index in [1.54, 1.807) is 18.6 Å². The molecule has 2 aromatic heterocycles. The Bertz CT molecular complexity index is 900. The van der Waals surface area contributed by atoms with Gasteiger partial charge in [-0.2, -0.15) is 0 Å². The van der Waals surface area contributed by atoms with Crippen molar-refractivity contribution in [2.24, 2.45) is 0 Å². The number of amides is 2. The smallest absolute Gasteiger partial charge is 0.407 e. The van der Waals surface area contributed by atoms with Crippen LogP contribution in [0.2, 0.25) is 0 Å². The van der Waals surface area contributed by atoms with Crippen molar-refractivity contribution in [1.29, 1.82) is 0 Å². The van der Waals surface area contributed by atoms with Crippen LogP contribution < -0.4 is 10.6 Å². The second-order valence-corrected chi connectivity index (χ2v) is 5.99. The van der Waals surface area contributed by atoms with Gasteiger partial charge in [-0.3, -0.25) is 14.8 Å². The molecule has 0 bridgehead atoms. The van der Waals surface area contributed by atoms with E-state index < -0.39 is 6.09 Å². The maximum atomic E-state index is 11.9. The van der Waals surface area contributed by atoms with Crippen LogP contribution in [0.5, 0.6) is 0 Å². The van der Waals surface area contributed by atoms with E-state index in [1.807, 2.05) is 54.6 Å². The molecule has 0 fully saturated rings. The standard InChI is InChI=1S/C21H20N4O3/c26-20(14-25-21(27)28-15-16-5-2-1-3-6-16)24-12-17-8-9-19(23-11-17)18-7-4-10-22-13-18/h1-11,13H,12,14-15H2,(H,24,26)(H,25,27). The van der Waals surface area contributed by atoms with Crippen LogP contribution in [0, 0.1) is 0 Å². The molecule has 7 heteroatoms. The van der Waals surface area contributed by atoms with Gasteiger partial charge in [0.25, 0.3) is 0 Å². The second-order valence-electron chi connectivity index (χ2n) is 5.99. The SMILES string of the molecule is O=C(CNC(=O)OCc1ccccc1)NCc1ccc(-c2cccnc2)nc1. The summed E-state index contributed by atoms with van der Waals surface area (Å²) in [4.78, 5) is 32.0. The van der Waals surface area contributed by atoms with Crippen LogP contribution in [-0.2, 0) is 22.7 Å². The van der Waals surface area contributed by atoms with Crippen LogP contribution in [0.1, 0.15) is 11.1 Å². The highest BCUT2D eigenvalue weighted by Gasteiger charge is 2.07. The summed E-state index contributed by atoms with van der Waals surface area (Å²) in [6, 6.07) is 16.9. The molecule has 2 heterocycles. The van der Waals surface area contributed by atoms with Gasteiger partial charge < -0.3 is 15.4 Å². The highest BCUT2D eigenvalue weighted by Crippen LogP contribution is 2.14. The van der Waals surface area contributed by atoms with Gasteiger partial charge >= 0.3 is 6.09 Å². The molecule has 0 aliphatic carbocycles. The minimum Gasteiger partial charge on any atom is -0.445 e. The number of pyridine rings is 2. The Morgan fingerprint density at radius 3 is 2.46 bits per heavy atom. The molecular weight excluding hydrogens is 356 g/mol. The van der Waals surface area contributed by atoms with Crippen LogP contribution in [0.25, 0.3) is 11.3 Å². The molecule has 2 N–H and O–H groups in total. The first-order chi connectivity index (χ1) is 13.7. The van der Waals surface area contributed by atoms with Crippen molar-refractivity contribution in [2.75, 3.05) is 6.54 Å². The lowest BCUT2D eigenvalue weighted by molar-refractivity contribution is -0.120. The van der Waals surface area contributed by atoms with Crippen LogP contribution >= 0.6 is 0 Å². The van der Waals surface area contributed by atoms with Gasteiger partial charge in [-0.25, -0.2) is 4.79 Å². The zero-order valence-electron chi connectivity index (χ0n) is 15.2. The quantitative estimate of drug-likeness (QED) is 0.661. The number of alkyl carbamates (subject to hydrolysis) is 1. The van der Waals surface area contributed by atoms with Gasteiger partial charge in [-0.15, -0.1) is 0 Å². The van der Waals surface area contributed by atoms with Gasteiger partial charge in [0, 0.05) is 30.7 Å². The van der Waals surface area contributed by atoms with Crippen LogP contribution in [0.15, 0.2) is 73.2 Å². The Morgan fingerprint density at radius 2 is 1.75 bits per heavy atom. The fraction of sp³-hybridized carbons (Fsp3) is 0.143. The fourth-order valence-electron chi connectivity index (χ4n) is 2.40. The molecule has 3 rings (SSSR count). The summed E-state index contributed by atoms with van der Waals surface area (Å²) in [5, 5.41) is 5.15. The first-order valence-electron chi connectivity index (χ1n) is 8.77. The zero-order valence-corrected chi connectivity index (χ0v) is 15.2. The van der Waals surface area contributed by atoms with E-state index in [0.29, 0.717) is 6.54 Å². The Balaban J connectivity index is 1.37. The van der Waals surface area contributed by atoms with E-state index in [-0.39, 0.29) is 19.1 Å². The van der Waals surface area contributed by atoms with Crippen LogP contribution in [-0.4, -0.2) is 28.5 Å². The molecule has 0 aliphatic heterocycles. The first kappa shape index (κ1) is 19.0. The lowest BCUT2D eigenvalue weighted by Gasteiger charge is -2.08. The number of hydrogen-bond acceptors (Lipinski definition) is 5. The van der Waals surface area contributed by atoms with Crippen molar-refractivity contribution in [2.45, 2.75) is 13.2 Å². The van der Waals surface area contributed by atoms with Crippen molar-refractivity contribution >= 4 is 12.0 Å². The minimum absolute atomic E-state index is 0.156. The second kappa shape index (κ2) is 9.82. The monoisotopic (exact) mass is 376 g/mol. The molecular formula is C21H20N4O3. The molecule has 0 atom stereocenters. The summed E-state index contributed by atoms with van der Waals surface area (Å²) in [6.07, 6.45) is 4.51. The lowest BCUT2D eigenvalue weighted by atomic mass is 10.1. The fourth-order valence-corrected chi connectivity index (χ4v) is 2.40. The maximum Gasteiger partial charge on any atom is 0.407 e. The van der Waals surface area contributed by atoms with Gasteiger partial charge in [0.05, 0.1) is 5.69 Å². The summed E-state index contributed by atoms with van der Waals surface area (Å²) in [7, 11) is 0. The molecule has 28 heavy (non-hydrogen) atoms. The normalized spacial score (nSPS) is 10.1. The number of nitrogens with zero attached hydrogens (tertiary/aromatic N) is 2. The largest absolute Gasteiger partial charge is 0.445 e. The Morgan fingerprint density at radius 1 is 0.893 bits per heavy atom. The number of benzene rings is 1. The molecule has 3 aromatic rings. The molecule has 142 valence electrons. The average molecular weight is 376 g/mol. The van der Waals surface area contributed by atoms with Crippen LogP contribution in [0.3, 0.4) is 0 Å². The molecule has 1 aromatic carbocycles. The van der Waals surface area contributed by atoms with E-state index in [0.717, 1.165) is 22.4 Å². The van der Waals surface area contributed by atoms with Crippen molar-refractivity contribution in [3.05, 3.63) is 84.3 Å². The Hall–Kier alpha value is -3.74. The highest BCUT2D eigenvalue weighted by molar-refractivity contribution is 5.82. The topological polar surface area (TPSA) is 93.2 Å². The van der Waals surface area contributed by atoms with Gasteiger partial charge in [-0.05, 0) is 29.3 Å². The zero-order chi connectivity index (χ0) is 19.6. The van der Waals surface area contributed by atoms with E-state index in [2.05, 4.69) is 20.6 Å². The van der Waals surface area contributed by atoms with E-state index in [1.165, 1.54) is 0 Å². The highest BCUT2D eigenvalue weighted by atomic mass is 16.5. The number of carbonyl (C=O) groups is 2. The number of nitrogens with one attached hydrogen (secondary N) is 2. The van der Waals surface area contributed by atoms with Gasteiger partial charge in [0.2, 0.25) is 5.91 Å². The van der Waals surface area contributed by atoms with Crippen LogP contribution in [0.4, 0.5) is 4.79 Å². The summed E-state index contributed by atoms with van der Waals surface area (Å²) in [5.41, 5.74) is 3.47. The van der Waals surface area contributed by atoms with E-state index in [9.17, 15) is 9.59 Å². The third-order valence-corrected chi connectivity index (χ3v) is 3.88. The Kier molecular flexibility index (Phi) is 6.67. The number of aromatic nitrogens is 2. The van der Waals surface area contributed by atoms with Gasteiger partial charge in [0.1, 0.15) is 13.2 Å². The molecule has 0 radical (unpaired) electrons. The molecule has 0 spiro atoms. The first-order valence-corrected chi connectivity index (χ1v) is 8.77. The molecule has 0 saturated heterocycles. The molecule has 2 amide bonds. The van der Waals surface area contributed by atoms with Crippen molar-refractivity contribution < 1.29 is 14.3 Å². The van der Waals surface area contributed by atoms with E-state index in [4.69, 9.17) is 4.74 Å². The summed E-state index contributed by atoms with van der Waals surface area (Å²) >= 11 is 0. The Labute approximate surface area is 162 Å². The average Bonchev–Trinajstić information content (AvgIpc) is 2.76. The predicted octanol–water partition coefficient (Wildman–Crippen LogP) is 2.69. The summed E-state index contributed by atoms with van der Waals surface area (Å²) < 4.78 is 5.05. The minimum atomic E-state index is -0.638. The van der Waals surface area contributed by atoms with Crippen molar-refractivity contribution in [3.63, 3.8) is 0 Å². The number of carbonyl (C=O) groups excluding carboxylic acids is 2. The number of hydrogen-bond donors (Lipinski definition) is 2. The summed E-state index contributed by atoms with van der Waals surface area (Å²) in [6.45, 7) is 0.317. The van der Waals surface area contributed by atoms with E-state index >= 15 is 0 Å². The molecule has 0 aliphatic rings. The third-order valence-electron chi connectivity index (χ3n) is 3.88. The van der Waals surface area contributed by atoms with Gasteiger partial charge in [0.15, 0.2) is 0 Å². The predicted molar refractivity (Wildman–Crippen MR) is 104 cm³/mol. The van der Waals surface area contributed by atoms with Gasteiger partial charge in [-0.1, -0.05) is 36.4 Å². The molecule has 0 unspecified atom stereocenters. The van der Waals surface area contributed by atoms with Crippen molar-refractivity contribution in [1.82, 2.24) is 20.6 Å². The lowest BCUT2D eigenvalue weighted by Crippen LogP contribution is -2.36. The van der Waals surface area contributed by atoms with Crippen molar-refractivity contribution in [3.8, 4) is 11.3 Å². The summed E-state index contributed by atoms with van der Waals surface area (Å²) in [5.74, 6) is -0.312. The third kappa shape index (κ3) is 5.91. The maximum absolute atomic E-state index is 11.9. The molecule has 0 saturated carbocycles. The molecule has 7 nitrogen and oxygen atoms in total.